The summed E-state index contributed by atoms with van der Waals surface area (Å²) in [6, 6.07) is 7.69. The fourth-order valence-electron chi connectivity index (χ4n) is 2.96. The predicted octanol–water partition coefficient (Wildman–Crippen LogP) is 3.54. The Kier molecular flexibility index (Phi) is 8.28. The van der Waals surface area contributed by atoms with Crippen molar-refractivity contribution < 1.29 is 14.3 Å². The van der Waals surface area contributed by atoms with Crippen molar-refractivity contribution in [3.05, 3.63) is 24.3 Å². The summed E-state index contributed by atoms with van der Waals surface area (Å²) in [7, 11) is 0. The molecule has 6 heteroatoms. The summed E-state index contributed by atoms with van der Waals surface area (Å²) in [4.78, 5) is 27.5. The Morgan fingerprint density at radius 1 is 1.32 bits per heavy atom. The molecule has 0 saturated carbocycles. The lowest BCUT2D eigenvalue weighted by Gasteiger charge is -2.25. The van der Waals surface area contributed by atoms with Crippen molar-refractivity contribution in [2.75, 3.05) is 31.3 Å². The minimum absolute atomic E-state index is 0.0330. The van der Waals surface area contributed by atoms with Crippen LogP contribution in [0.15, 0.2) is 29.2 Å². The lowest BCUT2D eigenvalue weighted by Crippen LogP contribution is -2.38. The van der Waals surface area contributed by atoms with Crippen LogP contribution in [0.3, 0.4) is 0 Å². The highest BCUT2D eigenvalue weighted by Crippen LogP contribution is 2.24. The molecule has 1 aromatic carbocycles. The third-order valence-electron chi connectivity index (χ3n) is 4.24. The van der Waals surface area contributed by atoms with E-state index in [1.54, 1.807) is 11.8 Å². The van der Waals surface area contributed by atoms with Crippen LogP contribution >= 0.6 is 11.8 Å². The molecule has 1 N–H and O–H groups in total. The number of anilines is 1. The van der Waals surface area contributed by atoms with Crippen LogP contribution in [-0.2, 0) is 14.3 Å². The van der Waals surface area contributed by atoms with E-state index < -0.39 is 0 Å². The van der Waals surface area contributed by atoms with E-state index in [4.69, 9.17) is 4.74 Å². The zero-order valence-electron chi connectivity index (χ0n) is 15.1. The number of hydrogen-bond acceptors (Lipinski definition) is 4. The van der Waals surface area contributed by atoms with Gasteiger partial charge in [-0.2, -0.15) is 0 Å². The van der Waals surface area contributed by atoms with Gasteiger partial charge >= 0.3 is 0 Å². The van der Waals surface area contributed by atoms with Gasteiger partial charge in [-0.25, -0.2) is 0 Å². The molecule has 1 heterocycles. The number of benzene rings is 1. The standard InChI is InChI=1S/C19H28N2O3S/c1-3-12-21(14-15-7-6-13-24-15)19(23)11-10-18(22)20-16-8-4-5-9-17(16)25-2/h4-5,8-9,15H,3,6-7,10-14H2,1-2H3,(H,20,22)/t15-/m0/s1. The zero-order chi connectivity index (χ0) is 18.1. The Morgan fingerprint density at radius 3 is 2.80 bits per heavy atom. The second kappa shape index (κ2) is 10.5. The van der Waals surface area contributed by atoms with Crippen molar-refractivity contribution in [2.45, 2.75) is 50.0 Å². The molecule has 0 unspecified atom stereocenters. The fourth-order valence-corrected chi connectivity index (χ4v) is 3.51. The second-order valence-electron chi connectivity index (χ2n) is 6.22. The van der Waals surface area contributed by atoms with E-state index in [0.717, 1.165) is 43.0 Å². The second-order valence-corrected chi connectivity index (χ2v) is 7.07. The molecule has 0 bridgehead atoms. The highest BCUT2D eigenvalue weighted by atomic mass is 32.2. The van der Waals surface area contributed by atoms with Gasteiger partial charge in [0.15, 0.2) is 0 Å². The van der Waals surface area contributed by atoms with Gasteiger partial charge in [0.1, 0.15) is 0 Å². The molecule has 2 rings (SSSR count). The third kappa shape index (κ3) is 6.36. The lowest BCUT2D eigenvalue weighted by molar-refractivity contribution is -0.134. The van der Waals surface area contributed by atoms with Gasteiger partial charge in [-0.15, -0.1) is 11.8 Å². The van der Waals surface area contributed by atoms with E-state index in [9.17, 15) is 9.59 Å². The maximum atomic E-state index is 12.5. The molecule has 0 aromatic heterocycles. The maximum Gasteiger partial charge on any atom is 0.224 e. The number of para-hydroxylation sites is 1. The molecule has 1 aliphatic rings. The molecule has 1 atom stereocenters. The van der Waals surface area contributed by atoms with Crippen molar-refractivity contribution in [3.63, 3.8) is 0 Å². The molecule has 0 radical (unpaired) electrons. The van der Waals surface area contributed by atoms with Crippen LogP contribution < -0.4 is 5.32 Å². The summed E-state index contributed by atoms with van der Waals surface area (Å²) in [6.07, 6.45) is 5.55. The maximum absolute atomic E-state index is 12.5. The van der Waals surface area contributed by atoms with Gasteiger partial charge in [0.25, 0.3) is 0 Å². The highest BCUT2D eigenvalue weighted by molar-refractivity contribution is 7.98. The Morgan fingerprint density at radius 2 is 2.12 bits per heavy atom. The number of ether oxygens (including phenoxy) is 1. The topological polar surface area (TPSA) is 58.6 Å². The summed E-state index contributed by atoms with van der Waals surface area (Å²) in [5, 5.41) is 2.91. The molecule has 1 fully saturated rings. The Bertz CT molecular complexity index is 574. The minimum atomic E-state index is -0.122. The molecular formula is C19H28N2O3S. The van der Waals surface area contributed by atoms with E-state index in [2.05, 4.69) is 12.2 Å². The fraction of sp³-hybridized carbons (Fsp3) is 0.579. The van der Waals surface area contributed by atoms with E-state index in [1.807, 2.05) is 35.4 Å². The van der Waals surface area contributed by atoms with Gasteiger partial charge in [0.05, 0.1) is 11.8 Å². The number of amides is 2. The van der Waals surface area contributed by atoms with E-state index >= 15 is 0 Å². The molecule has 1 aromatic rings. The first-order valence-corrected chi connectivity index (χ1v) is 10.2. The summed E-state index contributed by atoms with van der Waals surface area (Å²) in [5.41, 5.74) is 0.803. The summed E-state index contributed by atoms with van der Waals surface area (Å²) >= 11 is 1.59. The minimum Gasteiger partial charge on any atom is -0.376 e. The predicted molar refractivity (Wildman–Crippen MR) is 102 cm³/mol. The quantitative estimate of drug-likeness (QED) is 0.681. The number of thioether (sulfide) groups is 1. The van der Waals surface area contributed by atoms with Crippen molar-refractivity contribution in [1.82, 2.24) is 4.90 Å². The summed E-state index contributed by atoms with van der Waals surface area (Å²) in [6.45, 7) is 4.21. The number of rotatable bonds is 9. The van der Waals surface area contributed by atoms with Crippen LogP contribution in [0.5, 0.6) is 0 Å². The molecule has 0 aliphatic carbocycles. The number of nitrogens with one attached hydrogen (secondary N) is 1. The molecule has 1 saturated heterocycles. The van der Waals surface area contributed by atoms with E-state index in [1.165, 1.54) is 0 Å². The van der Waals surface area contributed by atoms with Crippen molar-refractivity contribution in [3.8, 4) is 0 Å². The molecule has 0 spiro atoms. The summed E-state index contributed by atoms with van der Waals surface area (Å²) < 4.78 is 5.63. The summed E-state index contributed by atoms with van der Waals surface area (Å²) in [5.74, 6) is -0.0888. The lowest BCUT2D eigenvalue weighted by atomic mass is 10.2. The van der Waals surface area contributed by atoms with Crippen LogP contribution in [-0.4, -0.2) is 48.8 Å². The zero-order valence-corrected chi connectivity index (χ0v) is 15.9. The van der Waals surface area contributed by atoms with Gasteiger partial charge in [-0.1, -0.05) is 19.1 Å². The van der Waals surface area contributed by atoms with Crippen LogP contribution in [0.2, 0.25) is 0 Å². The molecule has 25 heavy (non-hydrogen) atoms. The van der Waals surface area contributed by atoms with Gasteiger partial charge < -0.3 is 15.0 Å². The van der Waals surface area contributed by atoms with Crippen molar-refractivity contribution in [1.29, 1.82) is 0 Å². The molecule has 1 aliphatic heterocycles. The van der Waals surface area contributed by atoms with Crippen LogP contribution in [0.4, 0.5) is 5.69 Å². The van der Waals surface area contributed by atoms with Gasteiger partial charge in [-0.05, 0) is 37.7 Å². The molecule has 138 valence electrons. The smallest absolute Gasteiger partial charge is 0.224 e. The highest BCUT2D eigenvalue weighted by Gasteiger charge is 2.22. The van der Waals surface area contributed by atoms with Gasteiger partial charge in [-0.3, -0.25) is 9.59 Å². The first kappa shape index (κ1) is 19.8. The monoisotopic (exact) mass is 364 g/mol. The molecular weight excluding hydrogens is 336 g/mol. The van der Waals surface area contributed by atoms with Crippen LogP contribution in [0.25, 0.3) is 0 Å². The third-order valence-corrected chi connectivity index (χ3v) is 5.04. The molecule has 2 amide bonds. The van der Waals surface area contributed by atoms with Crippen LogP contribution in [0, 0.1) is 0 Å². The van der Waals surface area contributed by atoms with Crippen LogP contribution in [0.1, 0.15) is 39.0 Å². The molecule has 5 nitrogen and oxygen atoms in total. The largest absolute Gasteiger partial charge is 0.376 e. The number of hydrogen-bond donors (Lipinski definition) is 1. The van der Waals surface area contributed by atoms with E-state index in [-0.39, 0.29) is 30.8 Å². The normalized spacial score (nSPS) is 16.6. The van der Waals surface area contributed by atoms with Crippen molar-refractivity contribution >= 4 is 29.3 Å². The number of carbonyl (C=O) groups excluding carboxylic acids is 2. The Balaban J connectivity index is 1.82. The SMILES string of the molecule is CCCN(C[C@@H]1CCCO1)C(=O)CCC(=O)Nc1ccccc1SC. The Hall–Kier alpha value is -1.53. The van der Waals surface area contributed by atoms with Crippen molar-refractivity contribution in [2.24, 2.45) is 0 Å². The number of carbonyl (C=O) groups is 2. The van der Waals surface area contributed by atoms with E-state index in [0.29, 0.717) is 6.54 Å². The average Bonchev–Trinajstić information content (AvgIpc) is 3.13. The first-order valence-electron chi connectivity index (χ1n) is 8.96. The van der Waals surface area contributed by atoms with Gasteiger partial charge in [0, 0.05) is 37.4 Å². The number of nitrogens with zero attached hydrogens (tertiary/aromatic N) is 1. The van der Waals surface area contributed by atoms with Gasteiger partial charge in [0.2, 0.25) is 11.8 Å². The average molecular weight is 365 g/mol. The first-order chi connectivity index (χ1) is 12.1. The Labute approximate surface area is 154 Å².